The van der Waals surface area contributed by atoms with Crippen molar-refractivity contribution < 1.29 is 24.6 Å². The van der Waals surface area contributed by atoms with Gasteiger partial charge in [-0.05, 0) is 51.4 Å². The molecule has 0 saturated heterocycles. The average molecular weight is 458 g/mol. The summed E-state index contributed by atoms with van der Waals surface area (Å²) < 4.78 is 0. The minimum absolute atomic E-state index is 0.129. The topological polar surface area (TPSA) is 104 Å². The number of aliphatic carboxylic acids is 2. The third-order valence-corrected chi connectivity index (χ3v) is 4.42. The Balaban J connectivity index is 3.83. The zero-order valence-electron chi connectivity index (χ0n) is 19.7. The van der Waals surface area contributed by atoms with Crippen molar-refractivity contribution in [3.8, 4) is 0 Å². The van der Waals surface area contributed by atoms with Crippen molar-refractivity contribution in [1.82, 2.24) is 5.32 Å². The average Bonchev–Trinajstić information content (AvgIpc) is 2.77. The minimum atomic E-state index is -1.22. The van der Waals surface area contributed by atoms with Crippen LogP contribution in [-0.4, -0.2) is 34.1 Å². The summed E-state index contributed by atoms with van der Waals surface area (Å²) in [6.07, 6.45) is 31.2. The minimum Gasteiger partial charge on any atom is -0.481 e. The number of unbranched alkanes of at least 4 members (excludes halogenated alkanes) is 1. The molecule has 0 spiro atoms. The zero-order valence-corrected chi connectivity index (χ0v) is 19.7. The molecule has 182 valence electrons. The first-order valence-corrected chi connectivity index (χ1v) is 11.6. The maximum absolute atomic E-state index is 11.8. The first-order valence-electron chi connectivity index (χ1n) is 11.6. The van der Waals surface area contributed by atoms with Gasteiger partial charge in [0, 0.05) is 12.8 Å². The van der Waals surface area contributed by atoms with Gasteiger partial charge in [0.1, 0.15) is 6.04 Å². The number of carboxylic acids is 2. The molecule has 3 N–H and O–H groups in total. The molecule has 0 saturated carbocycles. The van der Waals surface area contributed by atoms with Gasteiger partial charge in [-0.15, -0.1) is 0 Å². The maximum Gasteiger partial charge on any atom is 0.326 e. The Bertz CT molecular complexity index is 729. The largest absolute Gasteiger partial charge is 0.481 e. The summed E-state index contributed by atoms with van der Waals surface area (Å²) >= 11 is 0. The third kappa shape index (κ3) is 21.9. The summed E-state index contributed by atoms with van der Waals surface area (Å²) in [6.45, 7) is 2.13. The molecule has 0 rings (SSSR count). The Kier molecular flexibility index (Phi) is 20.0. The summed E-state index contributed by atoms with van der Waals surface area (Å²) in [7, 11) is 0. The van der Waals surface area contributed by atoms with Crippen LogP contribution >= 0.6 is 0 Å². The van der Waals surface area contributed by atoms with E-state index in [1.54, 1.807) is 0 Å². The summed E-state index contributed by atoms with van der Waals surface area (Å²) in [4.78, 5) is 33.4. The number of nitrogens with one attached hydrogen (secondary N) is 1. The molecule has 6 nitrogen and oxygen atoms in total. The van der Waals surface area contributed by atoms with E-state index in [1.807, 2.05) is 18.2 Å². The molecule has 0 aromatic carbocycles. The second-order valence-corrected chi connectivity index (χ2v) is 7.36. The lowest BCUT2D eigenvalue weighted by atomic mass is 10.1. The fraction of sp³-hybridized carbons (Fsp3) is 0.444. The SMILES string of the molecule is CCC=CCC=CCCC=CC=CCC=CCC=CCCC(=O)N[C@@H](CCC(=O)O)C(=O)O. The van der Waals surface area contributed by atoms with E-state index in [0.717, 1.165) is 38.5 Å². The standard InChI is InChI=1S/C27H39NO5/c1-2-3-4-5-6-7-8-9-10-11-12-13-14-15-16-17-18-19-20-21-25(29)28-24(27(32)33)22-23-26(30)31/h3-4,6-7,10-13,15-16,18-19,24H,2,5,8-9,14,17,20-23H2,1H3,(H,28,29)(H,30,31)(H,32,33)/t24-/m0/s1. The maximum atomic E-state index is 11.8. The molecule has 1 atom stereocenters. The van der Waals surface area contributed by atoms with E-state index in [9.17, 15) is 14.4 Å². The van der Waals surface area contributed by atoms with Crippen molar-refractivity contribution in [2.75, 3.05) is 0 Å². The summed E-state index contributed by atoms with van der Waals surface area (Å²) in [5, 5.41) is 20.0. The van der Waals surface area contributed by atoms with Gasteiger partial charge < -0.3 is 15.5 Å². The quantitative estimate of drug-likeness (QED) is 0.127. The fourth-order valence-electron chi connectivity index (χ4n) is 2.65. The van der Waals surface area contributed by atoms with E-state index in [1.165, 1.54) is 0 Å². The van der Waals surface area contributed by atoms with Gasteiger partial charge in [0.15, 0.2) is 0 Å². The Labute approximate surface area is 198 Å². The molecular formula is C27H39NO5. The van der Waals surface area contributed by atoms with Gasteiger partial charge in [-0.3, -0.25) is 9.59 Å². The molecule has 0 aliphatic heterocycles. The van der Waals surface area contributed by atoms with Gasteiger partial charge in [-0.1, -0.05) is 79.8 Å². The Morgan fingerprint density at radius 1 is 0.697 bits per heavy atom. The van der Waals surface area contributed by atoms with Crippen LogP contribution in [0.2, 0.25) is 0 Å². The molecular weight excluding hydrogens is 418 g/mol. The number of allylic oxidation sites excluding steroid dienone is 12. The van der Waals surface area contributed by atoms with Gasteiger partial charge in [0.25, 0.3) is 0 Å². The summed E-state index contributed by atoms with van der Waals surface area (Å²) in [6, 6.07) is -1.17. The van der Waals surface area contributed by atoms with Crippen LogP contribution in [-0.2, 0) is 14.4 Å². The van der Waals surface area contributed by atoms with E-state index in [0.29, 0.717) is 6.42 Å². The van der Waals surface area contributed by atoms with E-state index in [-0.39, 0.29) is 19.3 Å². The predicted octanol–water partition coefficient (Wildman–Crippen LogP) is 5.90. The first kappa shape index (κ1) is 29.9. The molecule has 0 radical (unpaired) electrons. The van der Waals surface area contributed by atoms with E-state index < -0.39 is 23.9 Å². The molecule has 0 aliphatic rings. The van der Waals surface area contributed by atoms with Crippen LogP contribution in [0.1, 0.15) is 71.1 Å². The normalized spacial score (nSPS) is 13.4. The van der Waals surface area contributed by atoms with Gasteiger partial charge in [0.05, 0.1) is 0 Å². The number of amides is 1. The molecule has 6 heteroatoms. The van der Waals surface area contributed by atoms with Crippen molar-refractivity contribution in [3.05, 3.63) is 72.9 Å². The first-order chi connectivity index (χ1) is 16.0. The number of hydrogen-bond acceptors (Lipinski definition) is 3. The number of carboxylic acid groups (broad SMARTS) is 2. The zero-order chi connectivity index (χ0) is 24.6. The third-order valence-electron chi connectivity index (χ3n) is 4.42. The van der Waals surface area contributed by atoms with E-state index >= 15 is 0 Å². The van der Waals surface area contributed by atoms with Crippen molar-refractivity contribution in [1.29, 1.82) is 0 Å². The highest BCUT2D eigenvalue weighted by Crippen LogP contribution is 2.01. The van der Waals surface area contributed by atoms with Gasteiger partial charge in [0.2, 0.25) is 5.91 Å². The Morgan fingerprint density at radius 2 is 1.24 bits per heavy atom. The monoisotopic (exact) mass is 457 g/mol. The highest BCUT2D eigenvalue weighted by Gasteiger charge is 2.20. The number of hydrogen-bond donors (Lipinski definition) is 3. The van der Waals surface area contributed by atoms with Crippen LogP contribution in [0.3, 0.4) is 0 Å². The molecule has 0 aliphatic carbocycles. The lowest BCUT2D eigenvalue weighted by Gasteiger charge is -2.12. The Morgan fingerprint density at radius 3 is 1.88 bits per heavy atom. The molecule has 0 fully saturated rings. The second kappa shape index (κ2) is 22.1. The van der Waals surface area contributed by atoms with Gasteiger partial charge in [-0.25, -0.2) is 4.79 Å². The van der Waals surface area contributed by atoms with Crippen LogP contribution in [0.5, 0.6) is 0 Å². The lowest BCUT2D eigenvalue weighted by molar-refractivity contribution is -0.143. The molecule has 0 unspecified atom stereocenters. The van der Waals surface area contributed by atoms with Crippen LogP contribution in [0.4, 0.5) is 0 Å². The van der Waals surface area contributed by atoms with Crippen molar-refractivity contribution in [2.45, 2.75) is 77.2 Å². The lowest BCUT2D eigenvalue weighted by Crippen LogP contribution is -2.40. The number of carbonyl (C=O) groups is 3. The van der Waals surface area contributed by atoms with E-state index in [2.05, 4.69) is 66.9 Å². The van der Waals surface area contributed by atoms with Crippen LogP contribution < -0.4 is 5.32 Å². The van der Waals surface area contributed by atoms with Gasteiger partial charge >= 0.3 is 11.9 Å². The molecule has 33 heavy (non-hydrogen) atoms. The van der Waals surface area contributed by atoms with E-state index in [4.69, 9.17) is 10.2 Å². The van der Waals surface area contributed by atoms with Crippen LogP contribution in [0.15, 0.2) is 72.9 Å². The molecule has 0 bridgehead atoms. The van der Waals surface area contributed by atoms with Crippen molar-refractivity contribution in [3.63, 3.8) is 0 Å². The number of carbonyl (C=O) groups excluding carboxylic acids is 1. The smallest absolute Gasteiger partial charge is 0.326 e. The highest BCUT2D eigenvalue weighted by molar-refractivity contribution is 5.84. The van der Waals surface area contributed by atoms with Crippen LogP contribution in [0.25, 0.3) is 0 Å². The molecule has 0 aromatic rings. The van der Waals surface area contributed by atoms with Crippen molar-refractivity contribution in [2.24, 2.45) is 0 Å². The predicted molar refractivity (Wildman–Crippen MR) is 134 cm³/mol. The van der Waals surface area contributed by atoms with Crippen LogP contribution in [0, 0.1) is 0 Å². The second-order valence-electron chi connectivity index (χ2n) is 7.36. The summed E-state index contributed by atoms with van der Waals surface area (Å²) in [5.41, 5.74) is 0. The fourth-order valence-corrected chi connectivity index (χ4v) is 2.65. The highest BCUT2D eigenvalue weighted by atomic mass is 16.4. The molecule has 1 amide bonds. The van der Waals surface area contributed by atoms with Crippen molar-refractivity contribution >= 4 is 17.8 Å². The molecule has 0 aromatic heterocycles. The van der Waals surface area contributed by atoms with Gasteiger partial charge in [-0.2, -0.15) is 0 Å². The Hall–Kier alpha value is -3.15. The molecule has 0 heterocycles. The number of rotatable bonds is 19. The summed E-state index contributed by atoms with van der Waals surface area (Å²) in [5.74, 6) is -2.71.